The average molecular weight is 308 g/mol. The quantitative estimate of drug-likeness (QED) is 0.848. The Balaban J connectivity index is 2.66. The lowest BCUT2D eigenvalue weighted by Crippen LogP contribution is -2.04. The standard InChI is InChI=1S/C14H18BrN3/c1-5-7-9(3)11-8-16-14-13(15)10(4)17-18(14)12(11)6-2/h8H,3,5-7H2,1-2,4H3. The fraction of sp³-hybridized carbons (Fsp3) is 0.429. The first-order chi connectivity index (χ1) is 8.60. The van der Waals surface area contributed by atoms with Gasteiger partial charge in [0.2, 0.25) is 0 Å². The summed E-state index contributed by atoms with van der Waals surface area (Å²) in [6, 6.07) is 0. The van der Waals surface area contributed by atoms with Gasteiger partial charge in [-0.3, -0.25) is 0 Å². The highest BCUT2D eigenvalue weighted by Gasteiger charge is 2.14. The molecule has 0 unspecified atom stereocenters. The van der Waals surface area contributed by atoms with E-state index in [0.717, 1.165) is 46.2 Å². The molecule has 0 aliphatic carbocycles. The van der Waals surface area contributed by atoms with Crippen LogP contribution < -0.4 is 0 Å². The van der Waals surface area contributed by atoms with Crippen molar-refractivity contribution in [3.05, 3.63) is 34.2 Å². The minimum atomic E-state index is 0.886. The van der Waals surface area contributed by atoms with Crippen molar-refractivity contribution in [2.75, 3.05) is 0 Å². The monoisotopic (exact) mass is 307 g/mol. The van der Waals surface area contributed by atoms with Gasteiger partial charge in [0.05, 0.1) is 15.9 Å². The number of fused-ring (bicyclic) bond motifs is 1. The van der Waals surface area contributed by atoms with Crippen LogP contribution >= 0.6 is 15.9 Å². The van der Waals surface area contributed by atoms with Crippen LogP contribution in [0.5, 0.6) is 0 Å². The smallest absolute Gasteiger partial charge is 0.169 e. The molecule has 0 amide bonds. The Hall–Kier alpha value is -1.16. The summed E-state index contributed by atoms with van der Waals surface area (Å²) in [5.41, 5.74) is 5.33. The average Bonchev–Trinajstić information content (AvgIpc) is 2.64. The second-order valence-electron chi connectivity index (χ2n) is 4.46. The molecule has 2 aromatic heterocycles. The van der Waals surface area contributed by atoms with Gasteiger partial charge in [0.1, 0.15) is 0 Å². The van der Waals surface area contributed by atoms with Crippen LogP contribution in [0.15, 0.2) is 17.2 Å². The first-order valence-electron chi connectivity index (χ1n) is 6.31. The number of allylic oxidation sites excluding steroid dienone is 1. The van der Waals surface area contributed by atoms with Crippen LogP contribution in [0, 0.1) is 6.92 Å². The predicted octanol–water partition coefficient (Wildman–Crippen LogP) is 4.18. The Morgan fingerprint density at radius 2 is 2.17 bits per heavy atom. The van der Waals surface area contributed by atoms with E-state index < -0.39 is 0 Å². The van der Waals surface area contributed by atoms with Gasteiger partial charge in [-0.25, -0.2) is 9.50 Å². The Kier molecular flexibility index (Phi) is 3.85. The van der Waals surface area contributed by atoms with E-state index in [1.165, 1.54) is 5.69 Å². The molecule has 0 N–H and O–H groups in total. The molecule has 2 heterocycles. The minimum Gasteiger partial charge on any atom is -0.235 e. The molecule has 2 rings (SSSR count). The SMILES string of the molecule is C=C(CCC)c1cnc2c(Br)c(C)nn2c1CC. The van der Waals surface area contributed by atoms with E-state index >= 15 is 0 Å². The van der Waals surface area contributed by atoms with Gasteiger partial charge in [0.25, 0.3) is 0 Å². The zero-order valence-corrected chi connectivity index (χ0v) is 12.7. The van der Waals surface area contributed by atoms with Crippen LogP contribution in [0.25, 0.3) is 11.2 Å². The molecule has 4 heteroatoms. The molecule has 0 aliphatic rings. The van der Waals surface area contributed by atoms with Gasteiger partial charge in [0.15, 0.2) is 5.65 Å². The van der Waals surface area contributed by atoms with Crippen molar-refractivity contribution in [3.8, 4) is 0 Å². The fourth-order valence-corrected chi connectivity index (χ4v) is 2.53. The summed E-state index contributed by atoms with van der Waals surface area (Å²) in [4.78, 5) is 4.51. The van der Waals surface area contributed by atoms with Crippen LogP contribution in [-0.2, 0) is 6.42 Å². The van der Waals surface area contributed by atoms with E-state index in [0.29, 0.717) is 0 Å². The van der Waals surface area contributed by atoms with Crippen molar-refractivity contribution in [2.24, 2.45) is 0 Å². The molecule has 0 spiro atoms. The third-order valence-electron chi connectivity index (χ3n) is 3.11. The summed E-state index contributed by atoms with van der Waals surface area (Å²) in [5, 5.41) is 4.55. The Morgan fingerprint density at radius 3 is 2.78 bits per heavy atom. The van der Waals surface area contributed by atoms with Gasteiger partial charge in [0, 0.05) is 11.8 Å². The van der Waals surface area contributed by atoms with Crippen molar-refractivity contribution in [3.63, 3.8) is 0 Å². The van der Waals surface area contributed by atoms with Gasteiger partial charge < -0.3 is 0 Å². The molecule has 0 atom stereocenters. The molecule has 0 radical (unpaired) electrons. The number of rotatable bonds is 4. The maximum absolute atomic E-state index is 4.55. The molecule has 96 valence electrons. The molecule has 0 saturated heterocycles. The predicted molar refractivity (Wildman–Crippen MR) is 78.7 cm³/mol. The highest BCUT2D eigenvalue weighted by molar-refractivity contribution is 9.10. The van der Waals surface area contributed by atoms with Gasteiger partial charge in [-0.15, -0.1) is 0 Å². The van der Waals surface area contributed by atoms with E-state index in [-0.39, 0.29) is 0 Å². The van der Waals surface area contributed by atoms with E-state index in [4.69, 9.17) is 0 Å². The summed E-state index contributed by atoms with van der Waals surface area (Å²) in [6.07, 6.45) is 4.95. The van der Waals surface area contributed by atoms with Crippen LogP contribution in [0.4, 0.5) is 0 Å². The second kappa shape index (κ2) is 5.22. The van der Waals surface area contributed by atoms with Crippen molar-refractivity contribution < 1.29 is 0 Å². The molecule has 3 nitrogen and oxygen atoms in total. The number of hydrogen-bond acceptors (Lipinski definition) is 2. The van der Waals surface area contributed by atoms with Gasteiger partial charge >= 0.3 is 0 Å². The highest BCUT2D eigenvalue weighted by Crippen LogP contribution is 2.26. The largest absolute Gasteiger partial charge is 0.235 e. The highest BCUT2D eigenvalue weighted by atomic mass is 79.9. The fourth-order valence-electron chi connectivity index (χ4n) is 2.18. The molecule has 0 aliphatic heterocycles. The summed E-state index contributed by atoms with van der Waals surface area (Å²) in [6.45, 7) is 10.5. The zero-order valence-electron chi connectivity index (χ0n) is 11.1. The number of aromatic nitrogens is 3. The Bertz CT molecular complexity index is 599. The number of nitrogens with zero attached hydrogens (tertiary/aromatic N) is 3. The lowest BCUT2D eigenvalue weighted by molar-refractivity contribution is 0.828. The molecule has 0 bridgehead atoms. The van der Waals surface area contributed by atoms with E-state index in [1.807, 2.05) is 17.6 Å². The van der Waals surface area contributed by atoms with E-state index in [2.05, 4.69) is 46.4 Å². The van der Waals surface area contributed by atoms with E-state index in [1.54, 1.807) is 0 Å². The van der Waals surface area contributed by atoms with Crippen molar-refractivity contribution >= 4 is 27.2 Å². The second-order valence-corrected chi connectivity index (χ2v) is 5.25. The van der Waals surface area contributed by atoms with Gasteiger partial charge in [-0.2, -0.15) is 5.10 Å². The molecule has 0 aromatic carbocycles. The van der Waals surface area contributed by atoms with Crippen molar-refractivity contribution in [1.29, 1.82) is 0 Å². The molecule has 0 saturated carbocycles. The maximum Gasteiger partial charge on any atom is 0.169 e. The lowest BCUT2D eigenvalue weighted by Gasteiger charge is -2.11. The van der Waals surface area contributed by atoms with Crippen molar-refractivity contribution in [2.45, 2.75) is 40.0 Å². The topological polar surface area (TPSA) is 30.2 Å². The van der Waals surface area contributed by atoms with Crippen LogP contribution in [-0.4, -0.2) is 14.6 Å². The third kappa shape index (κ3) is 2.09. The number of aryl methyl sites for hydroxylation is 2. The van der Waals surface area contributed by atoms with E-state index in [9.17, 15) is 0 Å². The number of hydrogen-bond donors (Lipinski definition) is 0. The molecular weight excluding hydrogens is 290 g/mol. The van der Waals surface area contributed by atoms with Crippen LogP contribution in [0.1, 0.15) is 43.6 Å². The summed E-state index contributed by atoms with van der Waals surface area (Å²) in [7, 11) is 0. The maximum atomic E-state index is 4.55. The summed E-state index contributed by atoms with van der Waals surface area (Å²) >= 11 is 3.54. The number of halogens is 1. The molecule has 2 aromatic rings. The van der Waals surface area contributed by atoms with Crippen LogP contribution in [0.3, 0.4) is 0 Å². The first-order valence-corrected chi connectivity index (χ1v) is 7.10. The molecule has 18 heavy (non-hydrogen) atoms. The minimum absolute atomic E-state index is 0.886. The Morgan fingerprint density at radius 1 is 1.44 bits per heavy atom. The molecule has 0 fully saturated rings. The third-order valence-corrected chi connectivity index (χ3v) is 4.04. The normalized spacial score (nSPS) is 11.1. The summed E-state index contributed by atoms with van der Waals surface area (Å²) in [5.74, 6) is 0. The Labute approximate surface area is 116 Å². The lowest BCUT2D eigenvalue weighted by atomic mass is 10.0. The summed E-state index contributed by atoms with van der Waals surface area (Å²) < 4.78 is 2.92. The zero-order chi connectivity index (χ0) is 13.3. The van der Waals surface area contributed by atoms with Gasteiger partial charge in [-0.05, 0) is 41.3 Å². The van der Waals surface area contributed by atoms with Crippen LogP contribution in [0.2, 0.25) is 0 Å². The van der Waals surface area contributed by atoms with Gasteiger partial charge in [-0.1, -0.05) is 26.8 Å². The van der Waals surface area contributed by atoms with Crippen molar-refractivity contribution in [1.82, 2.24) is 14.6 Å². The molecular formula is C14H18BrN3. The first kappa shape index (κ1) is 13.3.